The maximum Gasteiger partial charge on any atom is 0.410 e. The number of sulfone groups is 1. The molecule has 0 unspecified atom stereocenters. The van der Waals surface area contributed by atoms with Crippen LogP contribution in [0.3, 0.4) is 0 Å². The maximum atomic E-state index is 13.5. The number of rotatable bonds is 2. The van der Waals surface area contributed by atoms with Crippen molar-refractivity contribution in [2.45, 2.75) is 49.5 Å². The predicted molar refractivity (Wildman–Crippen MR) is 127 cm³/mol. The molecule has 4 heterocycles. The minimum Gasteiger partial charge on any atom is -0.444 e. The maximum absolute atomic E-state index is 13.5. The molecule has 0 radical (unpaired) electrons. The Hall–Kier alpha value is -2.92. The quantitative estimate of drug-likeness (QED) is 0.620. The largest absolute Gasteiger partial charge is 0.444 e. The molecule has 0 N–H and O–H groups in total. The van der Waals surface area contributed by atoms with Crippen LogP contribution in [0, 0.1) is 0 Å². The summed E-state index contributed by atoms with van der Waals surface area (Å²) in [6, 6.07) is 6.62. The molecule has 188 valence electrons. The molecule has 0 saturated carbocycles. The molecule has 35 heavy (non-hydrogen) atoms. The van der Waals surface area contributed by atoms with E-state index in [1.54, 1.807) is 38.7 Å². The van der Waals surface area contributed by atoms with Crippen LogP contribution in [0.5, 0.6) is 0 Å². The van der Waals surface area contributed by atoms with Crippen LogP contribution in [0.2, 0.25) is 0 Å². The molecular weight excluding hydrogens is 472 g/mol. The fraction of sp³-hybridized carbons (Fsp3) is 0.542. The molecule has 5 rings (SSSR count). The van der Waals surface area contributed by atoms with E-state index in [1.807, 2.05) is 20.8 Å². The summed E-state index contributed by atoms with van der Waals surface area (Å²) in [5, 5.41) is 4.72. The van der Waals surface area contributed by atoms with Crippen LogP contribution in [-0.2, 0) is 25.1 Å². The molecule has 0 spiro atoms. The number of ether oxygens (including phenoxy) is 2. The lowest BCUT2D eigenvalue weighted by atomic mass is 10.0. The minimum atomic E-state index is -3.63. The summed E-state index contributed by atoms with van der Waals surface area (Å²) in [5.41, 5.74) is 1.16. The van der Waals surface area contributed by atoms with Gasteiger partial charge in [-0.2, -0.15) is 5.10 Å². The zero-order valence-corrected chi connectivity index (χ0v) is 21.0. The first-order valence-corrected chi connectivity index (χ1v) is 13.5. The first-order chi connectivity index (χ1) is 16.5. The van der Waals surface area contributed by atoms with Crippen molar-refractivity contribution in [2.75, 3.05) is 39.4 Å². The van der Waals surface area contributed by atoms with E-state index in [0.29, 0.717) is 62.6 Å². The third-order valence-corrected chi connectivity index (χ3v) is 8.18. The molecule has 0 bridgehead atoms. The van der Waals surface area contributed by atoms with E-state index in [4.69, 9.17) is 14.6 Å². The summed E-state index contributed by atoms with van der Waals surface area (Å²) in [4.78, 5) is 29.7. The van der Waals surface area contributed by atoms with Gasteiger partial charge in [-0.3, -0.25) is 9.48 Å². The van der Waals surface area contributed by atoms with E-state index in [1.165, 1.54) is 0 Å². The molecule has 2 saturated heterocycles. The third-order valence-electron chi connectivity index (χ3n) is 6.48. The summed E-state index contributed by atoms with van der Waals surface area (Å²) >= 11 is 0. The second-order valence-electron chi connectivity index (χ2n) is 10.1. The number of benzene rings is 1. The molecule has 10 nitrogen and oxygen atoms in total. The number of fused-ring (bicyclic) bond motifs is 3. The average Bonchev–Trinajstić information content (AvgIpc) is 3.43. The Kier molecular flexibility index (Phi) is 5.87. The Labute approximate surface area is 204 Å². The van der Waals surface area contributed by atoms with Crippen molar-refractivity contribution in [1.29, 1.82) is 0 Å². The van der Waals surface area contributed by atoms with Crippen LogP contribution >= 0.6 is 0 Å². The predicted octanol–water partition coefficient (Wildman–Crippen LogP) is 2.49. The summed E-state index contributed by atoms with van der Waals surface area (Å²) < 4.78 is 38.9. The van der Waals surface area contributed by atoms with Gasteiger partial charge in [-0.1, -0.05) is 18.2 Å². The second-order valence-corrected chi connectivity index (χ2v) is 12.1. The van der Waals surface area contributed by atoms with Crippen molar-refractivity contribution in [2.24, 2.45) is 0 Å². The van der Waals surface area contributed by atoms with Crippen LogP contribution in [0.15, 0.2) is 29.2 Å². The fourth-order valence-corrected chi connectivity index (χ4v) is 6.47. The van der Waals surface area contributed by atoms with Gasteiger partial charge in [0.25, 0.3) is 5.91 Å². The minimum absolute atomic E-state index is 0.163. The number of carbonyl (C=O) groups is 2. The van der Waals surface area contributed by atoms with Crippen molar-refractivity contribution in [3.63, 3.8) is 0 Å². The van der Waals surface area contributed by atoms with Crippen LogP contribution in [0.4, 0.5) is 4.79 Å². The molecule has 2 fully saturated rings. The highest BCUT2D eigenvalue weighted by atomic mass is 32.2. The molecule has 1 aromatic heterocycles. The lowest BCUT2D eigenvalue weighted by molar-refractivity contribution is 0.0284. The average molecular weight is 503 g/mol. The smallest absolute Gasteiger partial charge is 0.410 e. The van der Waals surface area contributed by atoms with Crippen molar-refractivity contribution in [1.82, 2.24) is 19.6 Å². The molecule has 3 aliphatic rings. The van der Waals surface area contributed by atoms with Crippen molar-refractivity contribution >= 4 is 21.8 Å². The Morgan fingerprint density at radius 1 is 1.09 bits per heavy atom. The van der Waals surface area contributed by atoms with Gasteiger partial charge in [0, 0.05) is 37.3 Å². The van der Waals surface area contributed by atoms with Crippen molar-refractivity contribution < 1.29 is 27.5 Å². The van der Waals surface area contributed by atoms with E-state index >= 15 is 0 Å². The lowest BCUT2D eigenvalue weighted by Crippen LogP contribution is -2.41. The monoisotopic (exact) mass is 502 g/mol. The van der Waals surface area contributed by atoms with Crippen molar-refractivity contribution in [3.05, 3.63) is 35.5 Å². The van der Waals surface area contributed by atoms with Gasteiger partial charge >= 0.3 is 6.09 Å². The molecule has 2 aromatic rings. The normalized spacial score (nSPS) is 21.4. The van der Waals surface area contributed by atoms with Gasteiger partial charge in [-0.15, -0.1) is 0 Å². The molecular formula is C24H30N4O6S. The first kappa shape index (κ1) is 23.8. The van der Waals surface area contributed by atoms with E-state index in [0.717, 1.165) is 0 Å². The van der Waals surface area contributed by atoms with Crippen LogP contribution < -0.4 is 0 Å². The van der Waals surface area contributed by atoms with Gasteiger partial charge in [0.05, 0.1) is 35.6 Å². The highest BCUT2D eigenvalue weighted by molar-refractivity contribution is 7.90. The molecule has 1 aromatic carbocycles. The van der Waals surface area contributed by atoms with E-state index in [-0.39, 0.29) is 28.3 Å². The number of hydrogen-bond donors (Lipinski definition) is 0. The fourth-order valence-electron chi connectivity index (χ4n) is 4.88. The zero-order valence-electron chi connectivity index (χ0n) is 20.2. The number of nitrogens with zero attached hydrogens (tertiary/aromatic N) is 4. The number of morpholine rings is 1. The van der Waals surface area contributed by atoms with Crippen molar-refractivity contribution in [3.8, 4) is 11.3 Å². The van der Waals surface area contributed by atoms with E-state index < -0.39 is 21.5 Å². The van der Waals surface area contributed by atoms with E-state index in [9.17, 15) is 18.0 Å². The van der Waals surface area contributed by atoms with Gasteiger partial charge in [0.15, 0.2) is 15.5 Å². The van der Waals surface area contributed by atoms with Gasteiger partial charge in [-0.25, -0.2) is 13.2 Å². The van der Waals surface area contributed by atoms with Crippen LogP contribution in [0.25, 0.3) is 11.3 Å². The number of carbonyl (C=O) groups excluding carboxylic acids is 2. The topological polar surface area (TPSA) is 111 Å². The SMILES string of the molecule is CC(C)(C)OC(=O)N1CC[C@H](n2nc(C(=O)N3CCOCC3)c3c2-c2ccccc2S(=O)(=O)C3)C1. The number of aromatic nitrogens is 2. The highest BCUT2D eigenvalue weighted by Crippen LogP contribution is 2.42. The summed E-state index contributed by atoms with van der Waals surface area (Å²) in [6.45, 7) is 8.05. The van der Waals surface area contributed by atoms with Gasteiger partial charge in [-0.05, 0) is 33.3 Å². The molecule has 3 aliphatic heterocycles. The zero-order chi connectivity index (χ0) is 25.0. The molecule has 2 amide bonds. The second kappa shape index (κ2) is 8.63. The number of hydrogen-bond acceptors (Lipinski definition) is 7. The van der Waals surface area contributed by atoms with Gasteiger partial charge < -0.3 is 19.3 Å². The van der Waals surface area contributed by atoms with E-state index in [2.05, 4.69) is 0 Å². The molecule has 11 heteroatoms. The number of amides is 2. The Balaban J connectivity index is 1.56. The molecule has 0 aliphatic carbocycles. The highest BCUT2D eigenvalue weighted by Gasteiger charge is 2.40. The molecule has 1 atom stereocenters. The summed E-state index contributed by atoms with van der Waals surface area (Å²) in [5.74, 6) is -0.576. The summed E-state index contributed by atoms with van der Waals surface area (Å²) in [7, 11) is -3.63. The van der Waals surface area contributed by atoms with Gasteiger partial charge in [0.2, 0.25) is 0 Å². The lowest BCUT2D eigenvalue weighted by Gasteiger charge is -2.26. The van der Waals surface area contributed by atoms with Gasteiger partial charge in [0.1, 0.15) is 5.60 Å². The number of likely N-dealkylation sites (tertiary alicyclic amines) is 1. The Morgan fingerprint density at radius 2 is 1.80 bits per heavy atom. The Morgan fingerprint density at radius 3 is 2.51 bits per heavy atom. The standard InChI is InChI=1S/C24H30N4O6S/c1-24(2,3)34-23(30)27-9-8-16(14-27)28-21-17-6-4-5-7-19(17)35(31,32)15-18(21)20(25-28)22(29)26-10-12-33-13-11-26/h4-7,16H,8-15H2,1-3H3/t16-/m0/s1. The summed E-state index contributed by atoms with van der Waals surface area (Å²) in [6.07, 6.45) is 0.224. The Bertz CT molecular complexity index is 1270. The third kappa shape index (κ3) is 4.42. The van der Waals surface area contributed by atoms with Crippen LogP contribution in [0.1, 0.15) is 49.3 Å². The first-order valence-electron chi connectivity index (χ1n) is 11.8. The van der Waals surface area contributed by atoms with Crippen LogP contribution in [-0.4, -0.2) is 85.0 Å².